The van der Waals surface area contributed by atoms with Gasteiger partial charge >= 0.3 is 0 Å². The van der Waals surface area contributed by atoms with Crippen LogP contribution < -0.4 is 27.1 Å². The van der Waals surface area contributed by atoms with E-state index in [1.807, 2.05) is 24.3 Å². The molecule has 4 nitrogen and oxygen atoms in total. The van der Waals surface area contributed by atoms with Gasteiger partial charge in [0, 0.05) is 31.5 Å². The van der Waals surface area contributed by atoms with Crippen molar-refractivity contribution in [1.82, 2.24) is 4.98 Å². The lowest BCUT2D eigenvalue weighted by Gasteiger charge is -1.99. The van der Waals surface area contributed by atoms with E-state index in [0.717, 1.165) is 11.1 Å². The lowest BCUT2D eigenvalue weighted by atomic mass is 10.1. The first-order valence-electron chi connectivity index (χ1n) is 4.95. The number of nitrogens with zero attached hydrogens (tertiary/aromatic N) is 2. The fourth-order valence-corrected chi connectivity index (χ4v) is 1.42. The molecule has 2 heterocycles. The molecule has 1 N–H and O–H groups in total. The van der Waals surface area contributed by atoms with Crippen molar-refractivity contribution in [1.29, 1.82) is 0 Å². The first-order chi connectivity index (χ1) is 7.75. The van der Waals surface area contributed by atoms with Crippen LogP contribution in [0.5, 0.6) is 0 Å². The zero-order valence-corrected chi connectivity index (χ0v) is 13.0. The molecule has 0 saturated carbocycles. The minimum Gasteiger partial charge on any atom is -1.00 e. The Kier molecular flexibility index (Phi) is 7.38. The minimum atomic E-state index is -0.0957. The molecule has 0 radical (unpaired) electrons. The largest absolute Gasteiger partial charge is 1.00 e. The molecular weight excluding hydrogens is 362 g/mol. The van der Waals surface area contributed by atoms with Crippen LogP contribution in [0.2, 0.25) is 0 Å². The lowest BCUT2D eigenvalue weighted by Crippen LogP contribution is -3.00. The molecule has 2 aromatic rings. The Labute approximate surface area is 127 Å². The first kappa shape index (κ1) is 16.7. The summed E-state index contributed by atoms with van der Waals surface area (Å²) >= 11 is 0. The number of amides is 1. The highest BCUT2D eigenvalue weighted by atomic mass is 79.9. The summed E-state index contributed by atoms with van der Waals surface area (Å²) in [5.74, 6) is -0.0957. The van der Waals surface area contributed by atoms with Gasteiger partial charge in [-0.25, -0.2) is 0 Å². The van der Waals surface area contributed by atoms with Crippen LogP contribution in [0.1, 0.15) is 6.92 Å². The van der Waals surface area contributed by atoms with Crippen LogP contribution in [0.15, 0.2) is 49.1 Å². The fourth-order valence-electron chi connectivity index (χ4n) is 1.42. The average molecular weight is 375 g/mol. The Balaban J connectivity index is 0.00000144. The quantitative estimate of drug-likeness (QED) is 0.665. The number of halogens is 2. The van der Waals surface area contributed by atoms with Crippen molar-refractivity contribution in [3.05, 3.63) is 49.1 Å². The highest BCUT2D eigenvalue weighted by molar-refractivity contribution is 8.93. The number of carbonyl (C=O) groups is 1. The van der Waals surface area contributed by atoms with Crippen molar-refractivity contribution in [3.63, 3.8) is 0 Å². The van der Waals surface area contributed by atoms with E-state index in [1.54, 1.807) is 29.5 Å². The van der Waals surface area contributed by atoms with Gasteiger partial charge in [0.1, 0.15) is 0 Å². The van der Waals surface area contributed by atoms with Crippen molar-refractivity contribution < 1.29 is 26.5 Å². The van der Waals surface area contributed by atoms with Gasteiger partial charge < -0.3 is 17.0 Å². The summed E-state index contributed by atoms with van der Waals surface area (Å²) in [6.45, 7) is 1.48. The number of carbonyl (C=O) groups excluding carboxylic acids is 1. The molecule has 0 unspecified atom stereocenters. The summed E-state index contributed by atoms with van der Waals surface area (Å²) in [4.78, 5) is 14.8. The van der Waals surface area contributed by atoms with Crippen LogP contribution in [0.25, 0.3) is 11.1 Å². The average Bonchev–Trinajstić information content (AvgIpc) is 2.30. The monoisotopic (exact) mass is 373 g/mol. The maximum absolute atomic E-state index is 10.8. The summed E-state index contributed by atoms with van der Waals surface area (Å²) < 4.78 is 1.62. The Morgan fingerprint density at radius 1 is 1.11 bits per heavy atom. The van der Waals surface area contributed by atoms with Gasteiger partial charge in [-0.15, -0.1) is 22.4 Å². The van der Waals surface area contributed by atoms with Gasteiger partial charge in [-0.3, -0.25) is 9.78 Å². The number of rotatable bonds is 2. The third-order valence-corrected chi connectivity index (χ3v) is 2.13. The molecule has 96 valence electrons. The van der Waals surface area contributed by atoms with E-state index in [0.29, 0.717) is 0 Å². The lowest BCUT2D eigenvalue weighted by molar-refractivity contribution is -0.642. The molecule has 0 bridgehead atoms. The third-order valence-electron chi connectivity index (χ3n) is 2.13. The van der Waals surface area contributed by atoms with Crippen molar-refractivity contribution in [2.24, 2.45) is 0 Å². The Bertz CT molecular complexity index is 488. The number of nitrogens with one attached hydrogen (secondary N) is 1. The van der Waals surface area contributed by atoms with Gasteiger partial charge in [-0.1, -0.05) is 4.68 Å². The number of hydrogen-bond donors (Lipinski definition) is 1. The molecule has 1 amide bonds. The molecule has 0 aliphatic heterocycles. The van der Waals surface area contributed by atoms with Crippen LogP contribution >= 0.6 is 17.0 Å². The summed E-state index contributed by atoms with van der Waals surface area (Å²) in [5.41, 5.74) is 4.84. The first-order valence-corrected chi connectivity index (χ1v) is 4.95. The number of pyridine rings is 2. The van der Waals surface area contributed by atoms with Gasteiger partial charge in [0.25, 0.3) is 5.91 Å². The zero-order valence-electron chi connectivity index (χ0n) is 9.71. The summed E-state index contributed by atoms with van der Waals surface area (Å²) in [6.07, 6.45) is 7.11. The molecule has 18 heavy (non-hydrogen) atoms. The SMILES string of the molecule is Br.CC(=O)N[n+]1ccc(-c2ccncc2)cc1.[Br-]. The van der Waals surface area contributed by atoms with E-state index in [2.05, 4.69) is 10.4 Å². The second kappa shape index (κ2) is 7.94. The molecule has 0 aliphatic rings. The minimum absolute atomic E-state index is 0. The van der Waals surface area contributed by atoms with Gasteiger partial charge in [-0.05, 0) is 23.3 Å². The van der Waals surface area contributed by atoms with E-state index in [9.17, 15) is 4.79 Å². The Morgan fingerprint density at radius 3 is 2.11 bits per heavy atom. The van der Waals surface area contributed by atoms with Crippen molar-refractivity contribution in [2.45, 2.75) is 6.92 Å². The smallest absolute Gasteiger partial charge is 0.271 e. The standard InChI is InChI=1S/C12H11N3O.2BrH/c1-10(16)14-15-8-4-12(5-9-15)11-2-6-13-7-3-11;;/h2-9H,1H3;2*1H. The van der Waals surface area contributed by atoms with Crippen LogP contribution in [-0.4, -0.2) is 10.9 Å². The van der Waals surface area contributed by atoms with E-state index >= 15 is 0 Å². The predicted octanol–water partition coefficient (Wildman–Crippen LogP) is -1.29. The third kappa shape index (κ3) is 4.54. The van der Waals surface area contributed by atoms with Crippen molar-refractivity contribution >= 4 is 22.9 Å². The summed E-state index contributed by atoms with van der Waals surface area (Å²) in [7, 11) is 0. The molecule has 6 heteroatoms. The second-order valence-electron chi connectivity index (χ2n) is 3.40. The Hall–Kier alpha value is -1.27. The van der Waals surface area contributed by atoms with E-state index in [-0.39, 0.29) is 39.9 Å². The maximum atomic E-state index is 10.8. The molecular formula is C12H13Br2N3O. The zero-order chi connectivity index (χ0) is 11.4. The molecule has 0 aromatic carbocycles. The predicted molar refractivity (Wildman–Crippen MR) is 70.2 cm³/mol. The topological polar surface area (TPSA) is 45.9 Å². The van der Waals surface area contributed by atoms with Crippen LogP contribution in [0.4, 0.5) is 0 Å². The summed E-state index contributed by atoms with van der Waals surface area (Å²) in [5, 5.41) is 0. The second-order valence-corrected chi connectivity index (χ2v) is 3.40. The number of aromatic nitrogens is 2. The van der Waals surface area contributed by atoms with E-state index in [1.165, 1.54) is 6.92 Å². The summed E-state index contributed by atoms with van der Waals surface area (Å²) in [6, 6.07) is 7.76. The molecule has 2 rings (SSSR count). The van der Waals surface area contributed by atoms with Gasteiger partial charge in [0.15, 0.2) is 0 Å². The Morgan fingerprint density at radius 2 is 1.61 bits per heavy atom. The van der Waals surface area contributed by atoms with Crippen molar-refractivity contribution in [2.75, 3.05) is 5.43 Å². The molecule has 0 spiro atoms. The molecule has 2 aromatic heterocycles. The van der Waals surface area contributed by atoms with Crippen LogP contribution in [0, 0.1) is 0 Å². The van der Waals surface area contributed by atoms with Crippen molar-refractivity contribution in [3.8, 4) is 11.1 Å². The van der Waals surface area contributed by atoms with Gasteiger partial charge in [0.2, 0.25) is 12.4 Å². The molecule has 0 saturated heterocycles. The van der Waals surface area contributed by atoms with Gasteiger partial charge in [0.05, 0.1) is 0 Å². The molecule has 0 aliphatic carbocycles. The normalized spacial score (nSPS) is 8.72. The number of hydrogen-bond acceptors (Lipinski definition) is 2. The van der Waals surface area contributed by atoms with Crippen LogP contribution in [-0.2, 0) is 4.79 Å². The van der Waals surface area contributed by atoms with E-state index < -0.39 is 0 Å². The fraction of sp³-hybridized carbons (Fsp3) is 0.0833. The van der Waals surface area contributed by atoms with Gasteiger partial charge in [-0.2, -0.15) is 0 Å². The molecule has 0 atom stereocenters. The highest BCUT2D eigenvalue weighted by Crippen LogP contribution is 2.15. The maximum Gasteiger partial charge on any atom is 0.271 e. The highest BCUT2D eigenvalue weighted by Gasteiger charge is 2.03. The van der Waals surface area contributed by atoms with E-state index in [4.69, 9.17) is 0 Å². The van der Waals surface area contributed by atoms with Crippen LogP contribution in [0.3, 0.4) is 0 Å². The molecule has 0 fully saturated rings.